The predicted octanol–water partition coefficient (Wildman–Crippen LogP) is 6.33. The van der Waals surface area contributed by atoms with Crippen molar-refractivity contribution in [2.45, 2.75) is 18.6 Å². The zero-order valence-electron chi connectivity index (χ0n) is 17.8. The summed E-state index contributed by atoms with van der Waals surface area (Å²) in [7, 11) is 0. The fourth-order valence-electron chi connectivity index (χ4n) is 3.17. The van der Waals surface area contributed by atoms with Crippen LogP contribution in [0.15, 0.2) is 82.4 Å². The van der Waals surface area contributed by atoms with Crippen LogP contribution in [0, 0.1) is 6.92 Å². The third-order valence-electron chi connectivity index (χ3n) is 4.81. The number of aromatic nitrogens is 3. The molecule has 0 aliphatic rings. The molecule has 1 heterocycles. The summed E-state index contributed by atoms with van der Waals surface area (Å²) in [6.45, 7) is 2.51. The zero-order valence-corrected chi connectivity index (χ0v) is 20.9. The van der Waals surface area contributed by atoms with Crippen molar-refractivity contribution in [2.24, 2.45) is 0 Å². The molecule has 0 atom stereocenters. The molecule has 0 fully saturated rings. The Morgan fingerprint density at radius 1 is 1.00 bits per heavy atom. The number of carbonyl (C=O) groups is 1. The number of hydrogen-bond donors (Lipinski definition) is 2. The molecule has 0 saturated carbocycles. The number of amides is 1. The summed E-state index contributed by atoms with van der Waals surface area (Å²) >= 11 is 10.7. The minimum atomic E-state index is -0.109. The quantitative estimate of drug-likeness (QED) is 0.254. The number of hydrogen-bond acceptors (Lipinski definition) is 5. The number of anilines is 2. The normalized spacial score (nSPS) is 10.8. The van der Waals surface area contributed by atoms with Crippen LogP contribution >= 0.6 is 39.3 Å². The predicted molar refractivity (Wildman–Crippen MR) is 138 cm³/mol. The van der Waals surface area contributed by atoms with Crippen LogP contribution in [0.2, 0.25) is 5.02 Å². The molecule has 9 heteroatoms. The molecular formula is C24H21BrClN5OS. The first-order chi connectivity index (χ1) is 16.0. The topological polar surface area (TPSA) is 71.8 Å². The van der Waals surface area contributed by atoms with Gasteiger partial charge in [0.05, 0.1) is 18.0 Å². The van der Waals surface area contributed by atoms with E-state index in [1.165, 1.54) is 11.8 Å². The van der Waals surface area contributed by atoms with Crippen LogP contribution in [0.1, 0.15) is 11.4 Å². The first kappa shape index (κ1) is 23.4. The zero-order chi connectivity index (χ0) is 23.2. The Bertz CT molecular complexity index is 1240. The first-order valence-electron chi connectivity index (χ1n) is 10.2. The van der Waals surface area contributed by atoms with Gasteiger partial charge < -0.3 is 10.6 Å². The maximum absolute atomic E-state index is 12.5. The number of carbonyl (C=O) groups excluding carboxylic acids is 1. The SMILES string of the molecule is Cc1ccccc1-n1c(CNc2ccc(Cl)cc2)nnc1SCC(=O)Nc1ccc(Br)cc1. The van der Waals surface area contributed by atoms with Crippen LogP contribution in [0.25, 0.3) is 5.69 Å². The molecule has 0 bridgehead atoms. The molecule has 0 saturated heterocycles. The standard InChI is InChI=1S/C24H21BrClN5OS/c1-16-4-2-3-5-21(16)31-22(14-27-19-12-8-18(26)9-13-19)29-30-24(31)33-15-23(32)28-20-10-6-17(25)7-11-20/h2-13,27H,14-15H2,1H3,(H,28,32). The Balaban J connectivity index is 1.51. The number of aryl methyl sites for hydroxylation is 1. The van der Waals surface area contributed by atoms with Crippen molar-refractivity contribution in [3.63, 3.8) is 0 Å². The molecule has 168 valence electrons. The van der Waals surface area contributed by atoms with E-state index in [4.69, 9.17) is 11.6 Å². The Morgan fingerprint density at radius 3 is 2.42 bits per heavy atom. The molecule has 0 aliphatic heterocycles. The third-order valence-corrected chi connectivity index (χ3v) is 6.52. The van der Waals surface area contributed by atoms with Gasteiger partial charge >= 0.3 is 0 Å². The molecule has 0 spiro atoms. The minimum absolute atomic E-state index is 0.109. The van der Waals surface area contributed by atoms with Crippen molar-refractivity contribution in [3.05, 3.63) is 93.7 Å². The van der Waals surface area contributed by atoms with Crippen molar-refractivity contribution in [3.8, 4) is 5.69 Å². The minimum Gasteiger partial charge on any atom is -0.378 e. The van der Waals surface area contributed by atoms with Crippen molar-refractivity contribution in [2.75, 3.05) is 16.4 Å². The molecule has 0 unspecified atom stereocenters. The highest BCUT2D eigenvalue weighted by Crippen LogP contribution is 2.25. The Hall–Kier alpha value is -2.81. The number of thioether (sulfide) groups is 1. The van der Waals surface area contributed by atoms with Crippen LogP contribution < -0.4 is 10.6 Å². The van der Waals surface area contributed by atoms with E-state index < -0.39 is 0 Å². The first-order valence-corrected chi connectivity index (χ1v) is 12.3. The second-order valence-corrected chi connectivity index (χ2v) is 9.52. The summed E-state index contributed by atoms with van der Waals surface area (Å²) in [6, 6.07) is 23.0. The summed E-state index contributed by atoms with van der Waals surface area (Å²) in [5.41, 5.74) is 3.75. The third kappa shape index (κ3) is 6.16. The number of para-hydroxylation sites is 1. The largest absolute Gasteiger partial charge is 0.378 e. The van der Waals surface area contributed by atoms with Gasteiger partial charge in [-0.25, -0.2) is 0 Å². The highest BCUT2D eigenvalue weighted by Gasteiger charge is 2.17. The van der Waals surface area contributed by atoms with Crippen molar-refractivity contribution in [1.82, 2.24) is 14.8 Å². The van der Waals surface area contributed by atoms with E-state index >= 15 is 0 Å². The smallest absolute Gasteiger partial charge is 0.234 e. The van der Waals surface area contributed by atoms with Gasteiger partial charge in [0, 0.05) is 20.9 Å². The van der Waals surface area contributed by atoms with Gasteiger partial charge in [-0.1, -0.05) is 57.5 Å². The van der Waals surface area contributed by atoms with Gasteiger partial charge in [-0.05, 0) is 67.1 Å². The van der Waals surface area contributed by atoms with Crippen molar-refractivity contribution < 1.29 is 4.79 Å². The maximum atomic E-state index is 12.5. The van der Waals surface area contributed by atoms with E-state index in [9.17, 15) is 4.79 Å². The molecule has 3 aromatic carbocycles. The number of nitrogens with zero attached hydrogens (tertiary/aromatic N) is 3. The molecule has 1 amide bonds. The second-order valence-electron chi connectivity index (χ2n) is 7.22. The van der Waals surface area contributed by atoms with Gasteiger partial charge in [-0.15, -0.1) is 10.2 Å². The summed E-state index contributed by atoms with van der Waals surface area (Å²) in [4.78, 5) is 12.5. The fourth-order valence-corrected chi connectivity index (χ4v) is 4.33. The summed E-state index contributed by atoms with van der Waals surface area (Å²) in [5.74, 6) is 0.850. The van der Waals surface area contributed by atoms with E-state index in [0.29, 0.717) is 16.7 Å². The van der Waals surface area contributed by atoms with Gasteiger partial charge in [0.25, 0.3) is 0 Å². The van der Waals surface area contributed by atoms with E-state index in [2.05, 4.69) is 36.8 Å². The van der Waals surface area contributed by atoms with Crippen LogP contribution in [0.5, 0.6) is 0 Å². The summed E-state index contributed by atoms with van der Waals surface area (Å²) < 4.78 is 2.96. The van der Waals surface area contributed by atoms with Gasteiger partial charge in [-0.2, -0.15) is 0 Å². The molecule has 2 N–H and O–H groups in total. The van der Waals surface area contributed by atoms with E-state index in [0.717, 1.165) is 32.9 Å². The van der Waals surface area contributed by atoms with E-state index in [1.54, 1.807) is 0 Å². The van der Waals surface area contributed by atoms with Crippen LogP contribution in [-0.4, -0.2) is 26.4 Å². The Kier molecular flexibility index (Phi) is 7.69. The van der Waals surface area contributed by atoms with Crippen LogP contribution in [-0.2, 0) is 11.3 Å². The lowest BCUT2D eigenvalue weighted by molar-refractivity contribution is -0.113. The van der Waals surface area contributed by atoms with Gasteiger partial charge in [-0.3, -0.25) is 9.36 Å². The Labute approximate surface area is 209 Å². The number of nitrogens with one attached hydrogen (secondary N) is 2. The van der Waals surface area contributed by atoms with E-state index in [-0.39, 0.29) is 11.7 Å². The molecule has 0 radical (unpaired) electrons. The van der Waals surface area contributed by atoms with Gasteiger partial charge in [0.15, 0.2) is 11.0 Å². The molecular weight excluding hydrogens is 522 g/mol. The maximum Gasteiger partial charge on any atom is 0.234 e. The van der Waals surface area contributed by atoms with Gasteiger partial charge in [0.1, 0.15) is 0 Å². The summed E-state index contributed by atoms with van der Waals surface area (Å²) in [5, 5.41) is 16.4. The molecule has 4 rings (SSSR count). The average Bonchev–Trinajstić information content (AvgIpc) is 3.22. The molecule has 1 aromatic heterocycles. The number of rotatable bonds is 8. The molecule has 4 aromatic rings. The fraction of sp³-hybridized carbons (Fsp3) is 0.125. The number of halogens is 2. The molecule has 33 heavy (non-hydrogen) atoms. The number of benzene rings is 3. The van der Waals surface area contributed by atoms with Crippen molar-refractivity contribution in [1.29, 1.82) is 0 Å². The summed E-state index contributed by atoms with van der Waals surface area (Å²) in [6.07, 6.45) is 0. The van der Waals surface area contributed by atoms with Crippen LogP contribution in [0.4, 0.5) is 11.4 Å². The highest BCUT2D eigenvalue weighted by atomic mass is 79.9. The van der Waals surface area contributed by atoms with Crippen LogP contribution in [0.3, 0.4) is 0 Å². The van der Waals surface area contributed by atoms with Gasteiger partial charge in [0.2, 0.25) is 5.91 Å². The lowest BCUT2D eigenvalue weighted by atomic mass is 10.2. The second kappa shape index (κ2) is 10.9. The average molecular weight is 543 g/mol. The molecule has 6 nitrogen and oxygen atoms in total. The lowest BCUT2D eigenvalue weighted by Crippen LogP contribution is -2.15. The van der Waals surface area contributed by atoms with E-state index in [1.807, 2.05) is 84.3 Å². The molecule has 0 aliphatic carbocycles. The Morgan fingerprint density at radius 2 is 1.70 bits per heavy atom. The highest BCUT2D eigenvalue weighted by molar-refractivity contribution is 9.10. The monoisotopic (exact) mass is 541 g/mol. The van der Waals surface area contributed by atoms with Crippen molar-refractivity contribution >= 4 is 56.6 Å². The lowest BCUT2D eigenvalue weighted by Gasteiger charge is -2.13.